The highest BCUT2D eigenvalue weighted by atomic mass is 15.0. The van der Waals surface area contributed by atoms with Gasteiger partial charge in [-0.05, 0) is 24.3 Å². The smallest absolute Gasteiger partial charge is 0.138 e. The maximum absolute atomic E-state index is 4.67. The molecule has 0 saturated carbocycles. The lowest BCUT2D eigenvalue weighted by atomic mass is 10.2. The maximum atomic E-state index is 4.67. The first-order chi connectivity index (χ1) is 10.4. The van der Waals surface area contributed by atoms with Crippen LogP contribution in [0.4, 0.5) is 11.4 Å². The van der Waals surface area contributed by atoms with Crippen molar-refractivity contribution in [3.8, 4) is 0 Å². The minimum Gasteiger partial charge on any atom is -0.340 e. The molecule has 0 fully saturated rings. The van der Waals surface area contributed by atoms with Gasteiger partial charge in [-0.15, -0.1) is 0 Å². The normalized spacial score (nSPS) is 11.1. The van der Waals surface area contributed by atoms with Gasteiger partial charge in [0, 0.05) is 36.0 Å². The molecule has 0 unspecified atom stereocenters. The van der Waals surface area contributed by atoms with Crippen LogP contribution in [0.15, 0.2) is 84.4 Å². The third kappa shape index (κ3) is 3.51. The SMILES string of the molecule is c1ccc(C(=Nc2ccncc2)Nc2ccncc2)cc1. The molecule has 2 aromatic heterocycles. The summed E-state index contributed by atoms with van der Waals surface area (Å²) in [5, 5.41) is 3.33. The third-order valence-corrected chi connectivity index (χ3v) is 2.89. The highest BCUT2D eigenvalue weighted by Crippen LogP contribution is 2.14. The number of aliphatic imine (C=N–C) groups is 1. The first kappa shape index (κ1) is 13.0. The molecule has 4 nitrogen and oxygen atoms in total. The monoisotopic (exact) mass is 274 g/mol. The summed E-state index contributed by atoms with van der Waals surface area (Å²) >= 11 is 0. The van der Waals surface area contributed by atoms with Gasteiger partial charge in [0.05, 0.1) is 5.69 Å². The second-order valence-electron chi connectivity index (χ2n) is 4.39. The van der Waals surface area contributed by atoms with Gasteiger partial charge in [-0.3, -0.25) is 9.97 Å². The molecule has 3 rings (SSSR count). The molecule has 4 heteroatoms. The molecule has 0 bridgehead atoms. The lowest BCUT2D eigenvalue weighted by Gasteiger charge is -2.10. The molecule has 21 heavy (non-hydrogen) atoms. The van der Waals surface area contributed by atoms with Crippen LogP contribution in [-0.4, -0.2) is 15.8 Å². The molecular formula is C17H14N4. The summed E-state index contributed by atoms with van der Waals surface area (Å²) in [5.41, 5.74) is 2.82. The first-order valence-corrected chi connectivity index (χ1v) is 6.63. The van der Waals surface area contributed by atoms with Crippen molar-refractivity contribution in [1.29, 1.82) is 0 Å². The summed E-state index contributed by atoms with van der Waals surface area (Å²) in [5.74, 6) is 0.785. The summed E-state index contributed by atoms with van der Waals surface area (Å²) in [7, 11) is 0. The van der Waals surface area contributed by atoms with E-state index < -0.39 is 0 Å². The molecule has 0 spiro atoms. The molecule has 3 aromatic rings. The Hall–Kier alpha value is -3.01. The number of benzene rings is 1. The molecular weight excluding hydrogens is 260 g/mol. The van der Waals surface area contributed by atoms with Crippen LogP contribution in [0.2, 0.25) is 0 Å². The lowest BCUT2D eigenvalue weighted by molar-refractivity contribution is 1.31. The van der Waals surface area contributed by atoms with Crippen molar-refractivity contribution >= 4 is 17.2 Å². The number of pyridine rings is 2. The van der Waals surface area contributed by atoms with Crippen molar-refractivity contribution < 1.29 is 0 Å². The summed E-state index contributed by atoms with van der Waals surface area (Å²) in [4.78, 5) is 12.7. The lowest BCUT2D eigenvalue weighted by Crippen LogP contribution is -2.13. The predicted octanol–water partition coefficient (Wildman–Crippen LogP) is 3.67. The molecule has 0 radical (unpaired) electrons. The molecule has 102 valence electrons. The quantitative estimate of drug-likeness (QED) is 0.585. The van der Waals surface area contributed by atoms with E-state index in [0.717, 1.165) is 22.8 Å². The Kier molecular flexibility index (Phi) is 3.98. The number of hydrogen-bond donors (Lipinski definition) is 1. The van der Waals surface area contributed by atoms with E-state index in [2.05, 4.69) is 20.3 Å². The van der Waals surface area contributed by atoms with E-state index in [-0.39, 0.29) is 0 Å². The van der Waals surface area contributed by atoms with Crippen molar-refractivity contribution in [2.75, 3.05) is 5.32 Å². The average molecular weight is 274 g/mol. The third-order valence-electron chi connectivity index (χ3n) is 2.89. The highest BCUT2D eigenvalue weighted by molar-refractivity contribution is 6.09. The predicted molar refractivity (Wildman–Crippen MR) is 84.7 cm³/mol. The molecule has 0 amide bonds. The van der Waals surface area contributed by atoms with E-state index in [1.807, 2.05) is 54.6 Å². The number of nitrogens with zero attached hydrogens (tertiary/aromatic N) is 3. The molecule has 0 atom stereocenters. The number of nitrogens with one attached hydrogen (secondary N) is 1. The van der Waals surface area contributed by atoms with Crippen LogP contribution in [0.5, 0.6) is 0 Å². The van der Waals surface area contributed by atoms with Crippen LogP contribution in [-0.2, 0) is 0 Å². The van der Waals surface area contributed by atoms with Crippen molar-refractivity contribution in [3.05, 3.63) is 84.9 Å². The number of aromatic nitrogens is 2. The molecule has 1 N–H and O–H groups in total. The van der Waals surface area contributed by atoms with Gasteiger partial charge in [0.1, 0.15) is 5.84 Å². The zero-order chi connectivity index (χ0) is 14.3. The molecule has 1 aromatic carbocycles. The van der Waals surface area contributed by atoms with E-state index in [1.54, 1.807) is 24.8 Å². The van der Waals surface area contributed by atoms with Crippen molar-refractivity contribution in [2.45, 2.75) is 0 Å². The standard InChI is InChI=1S/C17H14N4/c1-2-4-14(5-3-1)17(20-15-6-10-18-11-7-15)21-16-8-12-19-13-9-16/h1-13H,(H,18,19,20,21). The highest BCUT2D eigenvalue weighted by Gasteiger charge is 2.04. The van der Waals surface area contributed by atoms with Crippen LogP contribution in [0.25, 0.3) is 0 Å². The Bertz CT molecular complexity index is 710. The van der Waals surface area contributed by atoms with Gasteiger partial charge in [0.25, 0.3) is 0 Å². The summed E-state index contributed by atoms with van der Waals surface area (Å²) in [6, 6.07) is 17.6. The second kappa shape index (κ2) is 6.43. The summed E-state index contributed by atoms with van der Waals surface area (Å²) < 4.78 is 0. The number of amidine groups is 1. The number of anilines is 1. The van der Waals surface area contributed by atoms with Gasteiger partial charge in [-0.25, -0.2) is 4.99 Å². The van der Waals surface area contributed by atoms with Crippen LogP contribution < -0.4 is 5.32 Å². The summed E-state index contributed by atoms with van der Waals surface area (Å²) in [6.45, 7) is 0. The Balaban J connectivity index is 1.97. The fraction of sp³-hybridized carbons (Fsp3) is 0. The van der Waals surface area contributed by atoms with Gasteiger partial charge in [-0.2, -0.15) is 0 Å². The number of rotatable bonds is 3. The molecule has 0 aliphatic carbocycles. The van der Waals surface area contributed by atoms with E-state index in [4.69, 9.17) is 0 Å². The minimum absolute atomic E-state index is 0.785. The van der Waals surface area contributed by atoms with Gasteiger partial charge < -0.3 is 5.32 Å². The minimum atomic E-state index is 0.785. The Morgan fingerprint density at radius 1 is 0.762 bits per heavy atom. The topological polar surface area (TPSA) is 50.2 Å². The zero-order valence-corrected chi connectivity index (χ0v) is 11.3. The number of hydrogen-bond acceptors (Lipinski definition) is 3. The summed E-state index contributed by atoms with van der Waals surface area (Å²) in [6.07, 6.45) is 6.95. The van der Waals surface area contributed by atoms with E-state index in [9.17, 15) is 0 Å². The average Bonchev–Trinajstić information content (AvgIpc) is 2.57. The maximum Gasteiger partial charge on any atom is 0.138 e. The van der Waals surface area contributed by atoms with Crippen LogP contribution in [0, 0.1) is 0 Å². The van der Waals surface area contributed by atoms with Crippen molar-refractivity contribution in [1.82, 2.24) is 9.97 Å². The Morgan fingerprint density at radius 2 is 1.38 bits per heavy atom. The van der Waals surface area contributed by atoms with Gasteiger partial charge >= 0.3 is 0 Å². The van der Waals surface area contributed by atoms with Crippen molar-refractivity contribution in [2.24, 2.45) is 4.99 Å². The van der Waals surface area contributed by atoms with Gasteiger partial charge in [0.2, 0.25) is 0 Å². The molecule has 0 aliphatic rings. The van der Waals surface area contributed by atoms with Crippen LogP contribution >= 0.6 is 0 Å². The Labute approximate surface area is 123 Å². The second-order valence-corrected chi connectivity index (χ2v) is 4.39. The Morgan fingerprint density at radius 3 is 2.05 bits per heavy atom. The molecule has 0 aliphatic heterocycles. The fourth-order valence-corrected chi connectivity index (χ4v) is 1.88. The van der Waals surface area contributed by atoms with E-state index in [1.165, 1.54) is 0 Å². The largest absolute Gasteiger partial charge is 0.340 e. The van der Waals surface area contributed by atoms with E-state index >= 15 is 0 Å². The van der Waals surface area contributed by atoms with Crippen molar-refractivity contribution in [3.63, 3.8) is 0 Å². The van der Waals surface area contributed by atoms with Crippen LogP contribution in [0.3, 0.4) is 0 Å². The molecule has 0 saturated heterocycles. The first-order valence-electron chi connectivity index (χ1n) is 6.63. The zero-order valence-electron chi connectivity index (χ0n) is 11.3. The van der Waals surface area contributed by atoms with Crippen LogP contribution in [0.1, 0.15) is 5.56 Å². The van der Waals surface area contributed by atoms with Gasteiger partial charge in [-0.1, -0.05) is 30.3 Å². The molecule has 2 heterocycles. The van der Waals surface area contributed by atoms with E-state index in [0.29, 0.717) is 0 Å². The fourth-order valence-electron chi connectivity index (χ4n) is 1.88. The van der Waals surface area contributed by atoms with Gasteiger partial charge in [0.15, 0.2) is 0 Å².